The van der Waals surface area contributed by atoms with Gasteiger partial charge in [0.15, 0.2) is 0 Å². The van der Waals surface area contributed by atoms with Gasteiger partial charge in [0, 0.05) is 0 Å². The molecule has 1 heterocycles. The number of rotatable bonds is 16. The molecule has 1 aromatic rings. The lowest BCUT2D eigenvalue weighted by molar-refractivity contribution is 0.0443. The van der Waals surface area contributed by atoms with Crippen molar-refractivity contribution < 1.29 is 14.3 Å². The molecule has 0 radical (unpaired) electrons. The zero-order chi connectivity index (χ0) is 20.7. The highest BCUT2D eigenvalue weighted by Crippen LogP contribution is 2.24. The Balaban J connectivity index is 1.45. The fourth-order valence-corrected chi connectivity index (χ4v) is 3.96. The second-order valence-electron chi connectivity index (χ2n) is 8.23. The van der Waals surface area contributed by atoms with Crippen LogP contribution in [-0.2, 0) is 4.74 Å². The van der Waals surface area contributed by atoms with E-state index in [9.17, 15) is 9.59 Å². The predicted octanol–water partition coefficient (Wildman–Crippen LogP) is 7.88. The van der Waals surface area contributed by atoms with Gasteiger partial charge in [0.1, 0.15) is 0 Å². The van der Waals surface area contributed by atoms with Crippen molar-refractivity contribution in [2.24, 2.45) is 0 Å². The minimum absolute atomic E-state index is 0.383. The summed E-state index contributed by atoms with van der Waals surface area (Å²) in [5, 5.41) is 0. The first-order valence-electron chi connectivity index (χ1n) is 11.8. The van der Waals surface area contributed by atoms with Gasteiger partial charge in [0.25, 0.3) is 0 Å². The van der Waals surface area contributed by atoms with Crippen LogP contribution in [0.2, 0.25) is 0 Å². The summed E-state index contributed by atoms with van der Waals surface area (Å²) in [6, 6.07) is 5.30. The van der Waals surface area contributed by atoms with Gasteiger partial charge in [-0.25, -0.2) is 9.59 Å². The van der Waals surface area contributed by atoms with E-state index < -0.39 is 11.9 Å². The highest BCUT2D eigenvalue weighted by atomic mass is 16.6. The summed E-state index contributed by atoms with van der Waals surface area (Å²) in [4.78, 5) is 23.4. The molecule has 160 valence electrons. The van der Waals surface area contributed by atoms with Gasteiger partial charge in [-0.2, -0.15) is 0 Å². The van der Waals surface area contributed by atoms with Crippen LogP contribution in [0.1, 0.15) is 130 Å². The molecule has 0 spiro atoms. The molecule has 0 fully saturated rings. The molecule has 1 aliphatic heterocycles. The number of hydrogen-bond acceptors (Lipinski definition) is 3. The van der Waals surface area contributed by atoms with Crippen LogP contribution in [0.3, 0.4) is 0 Å². The van der Waals surface area contributed by atoms with E-state index in [0.29, 0.717) is 11.1 Å². The van der Waals surface area contributed by atoms with Crippen molar-refractivity contribution >= 4 is 18.0 Å². The van der Waals surface area contributed by atoms with Crippen molar-refractivity contribution in [3.8, 4) is 0 Å². The van der Waals surface area contributed by atoms with Gasteiger partial charge in [-0.05, 0) is 24.5 Å². The Kier molecular flexibility index (Phi) is 11.4. The van der Waals surface area contributed by atoms with Crippen molar-refractivity contribution in [1.29, 1.82) is 0 Å². The Morgan fingerprint density at radius 2 is 1.28 bits per heavy atom. The van der Waals surface area contributed by atoms with E-state index in [4.69, 9.17) is 4.74 Å². The van der Waals surface area contributed by atoms with Crippen LogP contribution in [-0.4, -0.2) is 11.9 Å². The van der Waals surface area contributed by atoms with Gasteiger partial charge >= 0.3 is 11.9 Å². The number of allylic oxidation sites excluding steroid dienone is 1. The molecule has 3 heteroatoms. The summed E-state index contributed by atoms with van der Waals surface area (Å²) >= 11 is 0. The van der Waals surface area contributed by atoms with Crippen molar-refractivity contribution in [3.05, 3.63) is 41.0 Å². The largest absolute Gasteiger partial charge is 0.386 e. The Morgan fingerprint density at radius 1 is 0.724 bits per heavy atom. The van der Waals surface area contributed by atoms with E-state index in [0.717, 1.165) is 12.0 Å². The number of benzene rings is 1. The van der Waals surface area contributed by atoms with Crippen LogP contribution in [0.25, 0.3) is 6.08 Å². The van der Waals surface area contributed by atoms with Crippen molar-refractivity contribution in [3.63, 3.8) is 0 Å². The van der Waals surface area contributed by atoms with Crippen LogP contribution in [0.5, 0.6) is 0 Å². The third-order valence-electron chi connectivity index (χ3n) is 5.73. The average Bonchev–Trinajstić information content (AvgIpc) is 3.02. The van der Waals surface area contributed by atoms with Gasteiger partial charge in [0.05, 0.1) is 11.1 Å². The monoisotopic (exact) mass is 398 g/mol. The number of ether oxygens (including phenoxy) is 1. The molecule has 0 aromatic heterocycles. The Bertz CT molecular complexity index is 660. The number of hydrogen-bond donors (Lipinski definition) is 0. The summed E-state index contributed by atoms with van der Waals surface area (Å²) in [6.45, 7) is 2.27. The number of cyclic esters (lactones) is 2. The molecule has 2 rings (SSSR count). The first-order valence-corrected chi connectivity index (χ1v) is 11.8. The maximum absolute atomic E-state index is 11.8. The lowest BCUT2D eigenvalue weighted by Crippen LogP contribution is -1.98. The molecule has 1 aliphatic rings. The van der Waals surface area contributed by atoms with Gasteiger partial charge in [-0.15, -0.1) is 0 Å². The summed E-state index contributed by atoms with van der Waals surface area (Å²) < 4.78 is 4.69. The van der Waals surface area contributed by atoms with Crippen LogP contribution >= 0.6 is 0 Å². The van der Waals surface area contributed by atoms with E-state index in [1.165, 1.54) is 89.9 Å². The normalized spacial score (nSPS) is 13.3. The molecule has 0 bridgehead atoms. The third-order valence-corrected chi connectivity index (χ3v) is 5.73. The smallest absolute Gasteiger partial charge is 0.347 e. The maximum atomic E-state index is 11.8. The Labute approximate surface area is 176 Å². The quantitative estimate of drug-likeness (QED) is 0.161. The number of esters is 2. The molecule has 3 nitrogen and oxygen atoms in total. The molecule has 0 unspecified atom stereocenters. The Hall–Kier alpha value is -1.90. The van der Waals surface area contributed by atoms with E-state index in [2.05, 4.69) is 13.0 Å². The molecule has 0 atom stereocenters. The second-order valence-corrected chi connectivity index (χ2v) is 8.23. The van der Waals surface area contributed by atoms with Gasteiger partial charge in [0.2, 0.25) is 0 Å². The minimum Gasteiger partial charge on any atom is -0.386 e. The van der Waals surface area contributed by atoms with E-state index in [1.54, 1.807) is 12.1 Å². The number of unbranched alkanes of at least 4 members (excludes halogenated alkanes) is 14. The predicted molar refractivity (Wildman–Crippen MR) is 120 cm³/mol. The fourth-order valence-electron chi connectivity index (χ4n) is 3.96. The molecule has 0 N–H and O–H groups in total. The molecular formula is C26H38O3. The van der Waals surface area contributed by atoms with Crippen molar-refractivity contribution in [2.45, 2.75) is 103 Å². The fraction of sp³-hybridized carbons (Fsp3) is 0.615. The minimum atomic E-state index is -0.535. The summed E-state index contributed by atoms with van der Waals surface area (Å²) in [6.07, 6.45) is 24.2. The molecule has 0 saturated carbocycles. The molecule has 0 aliphatic carbocycles. The number of carbonyl (C=O) groups excluding carboxylic acids is 2. The van der Waals surface area contributed by atoms with Gasteiger partial charge in [-0.1, -0.05) is 115 Å². The lowest BCUT2D eigenvalue weighted by atomic mass is 10.0. The van der Waals surface area contributed by atoms with E-state index in [1.807, 2.05) is 12.1 Å². The topological polar surface area (TPSA) is 43.4 Å². The van der Waals surface area contributed by atoms with Gasteiger partial charge < -0.3 is 4.74 Å². The first kappa shape index (κ1) is 23.4. The second kappa shape index (κ2) is 14.1. The maximum Gasteiger partial charge on any atom is 0.347 e. The van der Waals surface area contributed by atoms with Gasteiger partial charge in [-0.3, -0.25) is 0 Å². The highest BCUT2D eigenvalue weighted by Gasteiger charge is 2.31. The SMILES string of the molecule is CCCCCCCCCCCCCCCCC=Cc1cccc2c1C(=O)OC2=O. The Morgan fingerprint density at radius 3 is 1.86 bits per heavy atom. The summed E-state index contributed by atoms with van der Waals surface area (Å²) in [5.74, 6) is -1.06. The van der Waals surface area contributed by atoms with E-state index >= 15 is 0 Å². The standard InChI is InChI=1S/C26H38O3/c1-2-3-4-5-6-7-8-9-10-11-12-13-14-15-16-17-19-22-20-18-21-23-24(22)26(28)29-25(23)27/h17-21H,2-16H2,1H3. The molecule has 29 heavy (non-hydrogen) atoms. The number of fused-ring (bicyclic) bond motifs is 1. The number of carbonyl (C=O) groups is 2. The summed E-state index contributed by atoms with van der Waals surface area (Å²) in [5.41, 5.74) is 1.58. The van der Waals surface area contributed by atoms with Crippen LogP contribution < -0.4 is 0 Å². The summed E-state index contributed by atoms with van der Waals surface area (Å²) in [7, 11) is 0. The average molecular weight is 399 g/mol. The van der Waals surface area contributed by atoms with Crippen molar-refractivity contribution in [1.82, 2.24) is 0 Å². The van der Waals surface area contributed by atoms with Crippen LogP contribution in [0.4, 0.5) is 0 Å². The first-order chi connectivity index (χ1) is 14.2. The molecular weight excluding hydrogens is 360 g/mol. The lowest BCUT2D eigenvalue weighted by Gasteiger charge is -2.03. The van der Waals surface area contributed by atoms with E-state index in [-0.39, 0.29) is 0 Å². The molecule has 0 saturated heterocycles. The zero-order valence-electron chi connectivity index (χ0n) is 18.2. The van der Waals surface area contributed by atoms with Crippen LogP contribution in [0.15, 0.2) is 24.3 Å². The molecule has 0 amide bonds. The zero-order valence-corrected chi connectivity index (χ0v) is 18.2. The molecule has 1 aromatic carbocycles. The third kappa shape index (κ3) is 8.55. The van der Waals surface area contributed by atoms with Crippen LogP contribution in [0, 0.1) is 0 Å². The highest BCUT2D eigenvalue weighted by molar-refractivity contribution is 6.16. The van der Waals surface area contributed by atoms with Crippen molar-refractivity contribution in [2.75, 3.05) is 0 Å².